The predicted molar refractivity (Wildman–Crippen MR) is 136 cm³/mol. The van der Waals surface area contributed by atoms with E-state index in [4.69, 9.17) is 33.3 Å². The summed E-state index contributed by atoms with van der Waals surface area (Å²) in [5.74, 6) is 0.0361. The molecule has 0 spiro atoms. The van der Waals surface area contributed by atoms with Gasteiger partial charge >= 0.3 is 5.97 Å². The number of carbonyl (C=O) groups is 2. The second-order valence-corrected chi connectivity index (χ2v) is 9.86. The van der Waals surface area contributed by atoms with E-state index in [-0.39, 0.29) is 24.8 Å². The quantitative estimate of drug-likeness (QED) is 0.208. The molecule has 0 unspecified atom stereocenters. The highest BCUT2D eigenvalue weighted by atomic mass is 79.9. The van der Waals surface area contributed by atoms with Crippen molar-refractivity contribution in [3.8, 4) is 5.75 Å². The summed E-state index contributed by atoms with van der Waals surface area (Å²) >= 11 is 16.3. The highest BCUT2D eigenvalue weighted by Gasteiger charge is 2.32. The molecule has 0 bridgehead atoms. The SMILES string of the molecule is CCCOC(=O)CCN1C(=O)/C(=C\c2cc(Br)ccc2OCc2ccccc2Cl)SC1=S. The average Bonchev–Trinajstić information content (AvgIpc) is 3.03. The van der Waals surface area contributed by atoms with Crippen LogP contribution < -0.4 is 4.74 Å². The lowest BCUT2D eigenvalue weighted by atomic mass is 10.1. The molecule has 1 heterocycles. The van der Waals surface area contributed by atoms with Crippen LogP contribution in [0.2, 0.25) is 5.02 Å². The standard InChI is InChI=1S/C23H21BrClNO4S2/c1-2-11-29-21(27)9-10-26-22(28)20(32-23(26)31)13-16-12-17(24)7-8-19(16)30-14-15-5-3-4-6-18(15)25/h3-8,12-13H,2,9-11,14H2,1H3/b20-13+. The molecule has 0 atom stereocenters. The third kappa shape index (κ3) is 6.57. The number of carbonyl (C=O) groups excluding carboxylic acids is 2. The van der Waals surface area contributed by atoms with Gasteiger partial charge in [-0.15, -0.1) is 0 Å². The lowest BCUT2D eigenvalue weighted by molar-refractivity contribution is -0.143. The Kier molecular flexibility index (Phi) is 9.16. The Morgan fingerprint density at radius 2 is 2.06 bits per heavy atom. The first-order valence-corrected chi connectivity index (χ1v) is 12.4. The van der Waals surface area contributed by atoms with Crippen LogP contribution >= 0.6 is 51.5 Å². The topological polar surface area (TPSA) is 55.8 Å². The van der Waals surface area contributed by atoms with Gasteiger partial charge in [-0.3, -0.25) is 14.5 Å². The first kappa shape index (κ1) is 24.8. The second kappa shape index (κ2) is 11.8. The van der Waals surface area contributed by atoms with Gasteiger partial charge in [0.1, 0.15) is 16.7 Å². The number of thioether (sulfide) groups is 1. The predicted octanol–water partition coefficient (Wildman–Crippen LogP) is 6.23. The minimum atomic E-state index is -0.341. The smallest absolute Gasteiger partial charge is 0.307 e. The lowest BCUT2D eigenvalue weighted by Gasteiger charge is -2.14. The first-order valence-electron chi connectivity index (χ1n) is 9.95. The number of benzene rings is 2. The fourth-order valence-electron chi connectivity index (χ4n) is 2.86. The van der Waals surface area contributed by atoms with E-state index in [2.05, 4.69) is 15.9 Å². The highest BCUT2D eigenvalue weighted by molar-refractivity contribution is 9.10. The van der Waals surface area contributed by atoms with E-state index in [0.29, 0.717) is 33.2 Å². The number of hydrogen-bond acceptors (Lipinski definition) is 6. The fraction of sp³-hybridized carbons (Fsp3) is 0.261. The fourth-order valence-corrected chi connectivity index (χ4v) is 4.73. The third-order valence-corrected chi connectivity index (χ3v) is 6.72. The van der Waals surface area contributed by atoms with Crippen molar-refractivity contribution in [2.75, 3.05) is 13.2 Å². The van der Waals surface area contributed by atoms with Crippen molar-refractivity contribution in [1.82, 2.24) is 4.90 Å². The summed E-state index contributed by atoms with van der Waals surface area (Å²) in [5.41, 5.74) is 1.60. The Bertz CT molecular complexity index is 1060. The van der Waals surface area contributed by atoms with Crippen LogP contribution in [0.5, 0.6) is 5.75 Å². The van der Waals surface area contributed by atoms with Gasteiger partial charge in [-0.05, 0) is 36.8 Å². The summed E-state index contributed by atoms with van der Waals surface area (Å²) in [7, 11) is 0. The largest absolute Gasteiger partial charge is 0.488 e. The van der Waals surface area contributed by atoms with E-state index in [9.17, 15) is 9.59 Å². The zero-order chi connectivity index (χ0) is 23.1. The Morgan fingerprint density at radius 1 is 1.28 bits per heavy atom. The molecule has 1 aliphatic heterocycles. The minimum Gasteiger partial charge on any atom is -0.488 e. The lowest BCUT2D eigenvalue weighted by Crippen LogP contribution is -2.30. The Hall–Kier alpha value is -1.87. The van der Waals surface area contributed by atoms with Crippen molar-refractivity contribution in [2.24, 2.45) is 0 Å². The maximum Gasteiger partial charge on any atom is 0.307 e. The summed E-state index contributed by atoms with van der Waals surface area (Å²) in [6, 6.07) is 13.0. The molecule has 3 rings (SSSR count). The Morgan fingerprint density at radius 3 is 2.81 bits per heavy atom. The highest BCUT2D eigenvalue weighted by Crippen LogP contribution is 2.35. The number of amides is 1. The van der Waals surface area contributed by atoms with Gasteiger partial charge in [-0.1, -0.05) is 76.6 Å². The summed E-state index contributed by atoms with van der Waals surface area (Å²) in [6.07, 6.45) is 2.60. The van der Waals surface area contributed by atoms with Crippen molar-refractivity contribution in [3.05, 3.63) is 68.0 Å². The summed E-state index contributed by atoms with van der Waals surface area (Å²) < 4.78 is 12.3. The van der Waals surface area contributed by atoms with Crippen LogP contribution in [0.3, 0.4) is 0 Å². The van der Waals surface area contributed by atoms with E-state index in [1.54, 1.807) is 6.08 Å². The molecule has 1 aliphatic rings. The zero-order valence-electron chi connectivity index (χ0n) is 17.3. The van der Waals surface area contributed by atoms with Gasteiger partial charge in [0, 0.05) is 27.2 Å². The van der Waals surface area contributed by atoms with E-state index >= 15 is 0 Å². The van der Waals surface area contributed by atoms with Crippen LogP contribution in [0.4, 0.5) is 0 Å². The zero-order valence-corrected chi connectivity index (χ0v) is 21.3. The van der Waals surface area contributed by atoms with Crippen molar-refractivity contribution in [1.29, 1.82) is 0 Å². The van der Waals surface area contributed by atoms with E-state index in [1.165, 1.54) is 16.7 Å². The second-order valence-electron chi connectivity index (χ2n) is 6.87. The normalized spacial score (nSPS) is 14.8. The summed E-state index contributed by atoms with van der Waals surface area (Å²) in [4.78, 5) is 26.6. The van der Waals surface area contributed by atoms with Crippen LogP contribution in [0.15, 0.2) is 51.8 Å². The molecular weight excluding hydrogens is 534 g/mol. The molecule has 5 nitrogen and oxygen atoms in total. The van der Waals surface area contributed by atoms with E-state index in [0.717, 1.165) is 22.0 Å². The number of rotatable bonds is 9. The van der Waals surface area contributed by atoms with Gasteiger partial charge in [-0.2, -0.15) is 0 Å². The van der Waals surface area contributed by atoms with Crippen LogP contribution in [-0.4, -0.2) is 34.2 Å². The molecule has 0 aromatic heterocycles. The molecule has 9 heteroatoms. The van der Waals surface area contributed by atoms with Crippen molar-refractivity contribution < 1.29 is 19.1 Å². The monoisotopic (exact) mass is 553 g/mol. The first-order chi connectivity index (χ1) is 15.4. The molecule has 32 heavy (non-hydrogen) atoms. The molecule has 2 aromatic rings. The molecule has 1 saturated heterocycles. The third-order valence-electron chi connectivity index (χ3n) is 4.48. The molecule has 168 valence electrons. The Balaban J connectivity index is 1.73. The molecule has 1 fully saturated rings. The van der Waals surface area contributed by atoms with Crippen LogP contribution in [0.25, 0.3) is 6.08 Å². The van der Waals surface area contributed by atoms with Crippen molar-refractivity contribution in [3.63, 3.8) is 0 Å². The van der Waals surface area contributed by atoms with E-state index < -0.39 is 0 Å². The summed E-state index contributed by atoms with van der Waals surface area (Å²) in [6.45, 7) is 2.79. The maximum absolute atomic E-state index is 12.9. The molecule has 1 amide bonds. The van der Waals surface area contributed by atoms with Crippen LogP contribution in [-0.2, 0) is 20.9 Å². The van der Waals surface area contributed by atoms with E-state index in [1.807, 2.05) is 49.4 Å². The number of hydrogen-bond donors (Lipinski definition) is 0. The average molecular weight is 555 g/mol. The molecule has 2 aromatic carbocycles. The Labute approximate surface area is 210 Å². The van der Waals surface area contributed by atoms with Gasteiger partial charge < -0.3 is 9.47 Å². The van der Waals surface area contributed by atoms with Gasteiger partial charge in [0.25, 0.3) is 5.91 Å². The number of nitrogens with zero attached hydrogens (tertiary/aromatic N) is 1. The number of ether oxygens (including phenoxy) is 2. The van der Waals surface area contributed by atoms with Crippen molar-refractivity contribution in [2.45, 2.75) is 26.4 Å². The molecule has 0 aliphatic carbocycles. The maximum atomic E-state index is 12.9. The van der Waals surface area contributed by atoms with Crippen LogP contribution in [0.1, 0.15) is 30.9 Å². The van der Waals surface area contributed by atoms with Crippen LogP contribution in [0, 0.1) is 0 Å². The van der Waals surface area contributed by atoms with Gasteiger partial charge in [0.05, 0.1) is 17.9 Å². The molecule has 0 saturated carbocycles. The van der Waals surface area contributed by atoms with Gasteiger partial charge in [0.2, 0.25) is 0 Å². The number of esters is 1. The minimum absolute atomic E-state index is 0.100. The molecule has 0 radical (unpaired) electrons. The molecule has 0 N–H and O–H groups in total. The van der Waals surface area contributed by atoms with Gasteiger partial charge in [-0.25, -0.2) is 0 Å². The van der Waals surface area contributed by atoms with Gasteiger partial charge in [0.15, 0.2) is 0 Å². The summed E-state index contributed by atoms with van der Waals surface area (Å²) in [5, 5.41) is 0.629. The number of thiocarbonyl (C=S) groups is 1. The number of halogens is 2. The molecular formula is C23H21BrClNO4S2. The van der Waals surface area contributed by atoms with Crippen molar-refractivity contribution >= 4 is 73.8 Å².